The normalized spacial score (nSPS) is 26.8. The molecule has 0 radical (unpaired) electrons. The van der Waals surface area contributed by atoms with Gasteiger partial charge in [-0.3, -0.25) is 4.79 Å². The van der Waals surface area contributed by atoms with E-state index < -0.39 is 5.97 Å². The summed E-state index contributed by atoms with van der Waals surface area (Å²) in [6, 6.07) is 11.0. The van der Waals surface area contributed by atoms with Gasteiger partial charge in [0.1, 0.15) is 0 Å². The van der Waals surface area contributed by atoms with E-state index >= 15 is 0 Å². The topological polar surface area (TPSA) is 49.8 Å². The lowest BCUT2D eigenvalue weighted by molar-refractivity contribution is -0.137. The minimum Gasteiger partial charge on any atom is -0.481 e. The molecule has 0 bridgehead atoms. The van der Waals surface area contributed by atoms with Crippen LogP contribution in [0, 0.1) is 17.3 Å². The molecule has 0 spiro atoms. The van der Waals surface area contributed by atoms with E-state index in [0.29, 0.717) is 12.0 Å². The molecule has 1 N–H and O–H groups in total. The summed E-state index contributed by atoms with van der Waals surface area (Å²) in [5.41, 5.74) is 1.81. The van der Waals surface area contributed by atoms with Crippen LogP contribution in [-0.4, -0.2) is 48.8 Å². The zero-order valence-electron chi connectivity index (χ0n) is 17.7. The summed E-state index contributed by atoms with van der Waals surface area (Å²) in [6.07, 6.45) is 10.5. The van der Waals surface area contributed by atoms with Crippen LogP contribution in [0.4, 0.5) is 0 Å². The molecule has 2 aliphatic carbocycles. The fraction of sp³-hybridized carbons (Fsp3) is 0.720. The molecule has 4 rings (SSSR count). The molecule has 3 fully saturated rings. The Bertz CT molecular complexity index is 649. The average Bonchev–Trinajstić information content (AvgIpc) is 3.48. The van der Waals surface area contributed by atoms with E-state index in [1.54, 1.807) is 0 Å². The van der Waals surface area contributed by atoms with Gasteiger partial charge in [-0.15, -0.1) is 0 Å². The van der Waals surface area contributed by atoms with Crippen molar-refractivity contribution >= 4 is 5.97 Å². The van der Waals surface area contributed by atoms with Gasteiger partial charge in [0.25, 0.3) is 0 Å². The van der Waals surface area contributed by atoms with E-state index in [-0.39, 0.29) is 6.42 Å². The lowest BCUT2D eigenvalue weighted by atomic mass is 9.74. The maximum atomic E-state index is 10.9. The minimum absolute atomic E-state index is 0.256. The number of hydrogen-bond donors (Lipinski definition) is 1. The summed E-state index contributed by atoms with van der Waals surface area (Å²) >= 11 is 0. The molecule has 0 aromatic heterocycles. The van der Waals surface area contributed by atoms with E-state index in [1.165, 1.54) is 44.1 Å². The molecule has 2 saturated carbocycles. The largest absolute Gasteiger partial charge is 0.481 e. The molecule has 1 aliphatic heterocycles. The summed E-state index contributed by atoms with van der Waals surface area (Å²) in [5, 5.41) is 8.97. The third kappa shape index (κ3) is 5.82. The number of benzene rings is 1. The first-order valence-corrected chi connectivity index (χ1v) is 11.7. The second-order valence-corrected chi connectivity index (χ2v) is 9.85. The van der Waals surface area contributed by atoms with Crippen LogP contribution in [0.25, 0.3) is 0 Å². The van der Waals surface area contributed by atoms with E-state index in [1.807, 2.05) is 0 Å². The molecule has 1 heterocycles. The zero-order valence-corrected chi connectivity index (χ0v) is 17.7. The van der Waals surface area contributed by atoms with Crippen LogP contribution in [0.5, 0.6) is 0 Å². The third-order valence-electron chi connectivity index (χ3n) is 7.74. The van der Waals surface area contributed by atoms with E-state index in [0.717, 1.165) is 56.9 Å². The van der Waals surface area contributed by atoms with Crippen molar-refractivity contribution in [2.24, 2.45) is 17.3 Å². The van der Waals surface area contributed by atoms with Crippen LogP contribution < -0.4 is 0 Å². The van der Waals surface area contributed by atoms with Crippen LogP contribution in [0.1, 0.15) is 69.3 Å². The van der Waals surface area contributed by atoms with Gasteiger partial charge in [-0.25, -0.2) is 0 Å². The SMILES string of the molecule is O=C(O)CCN1CCC(CC[C@@H]2CC2c2ccccc2)(COCC2CCC2)CC1. The standard InChI is InChI=1S/C25H37NO3/c27-24(28)10-14-26-15-12-25(13-16-26,19-29-18-20-5-4-6-20)11-9-22-17-23(22)21-7-2-1-3-8-21/h1-3,7-8,20,22-23H,4-6,9-19H2,(H,27,28)/t22-,23?/m1/s1. The number of piperidine rings is 1. The molecule has 3 aliphatic rings. The molecule has 160 valence electrons. The number of rotatable bonds is 11. The third-order valence-corrected chi connectivity index (χ3v) is 7.74. The predicted octanol–water partition coefficient (Wildman–Crippen LogP) is 4.94. The highest BCUT2D eigenvalue weighted by molar-refractivity contribution is 5.66. The summed E-state index contributed by atoms with van der Waals surface area (Å²) < 4.78 is 6.27. The first-order chi connectivity index (χ1) is 14.1. The Morgan fingerprint density at radius 3 is 2.59 bits per heavy atom. The second-order valence-electron chi connectivity index (χ2n) is 9.85. The summed E-state index contributed by atoms with van der Waals surface area (Å²) in [5.74, 6) is 1.71. The van der Waals surface area contributed by atoms with Crippen LogP contribution in [0.15, 0.2) is 30.3 Å². The molecule has 1 saturated heterocycles. The van der Waals surface area contributed by atoms with Crippen molar-refractivity contribution in [3.8, 4) is 0 Å². The molecule has 4 nitrogen and oxygen atoms in total. The van der Waals surface area contributed by atoms with Gasteiger partial charge < -0.3 is 14.7 Å². The van der Waals surface area contributed by atoms with Gasteiger partial charge in [-0.2, -0.15) is 0 Å². The first kappa shape index (κ1) is 20.9. The number of hydrogen-bond acceptors (Lipinski definition) is 3. The van der Waals surface area contributed by atoms with Crippen LogP contribution in [0.3, 0.4) is 0 Å². The van der Waals surface area contributed by atoms with Crippen LogP contribution >= 0.6 is 0 Å². The fourth-order valence-electron chi connectivity index (χ4n) is 5.24. The van der Waals surface area contributed by atoms with Crippen molar-refractivity contribution in [2.75, 3.05) is 32.8 Å². The minimum atomic E-state index is -0.689. The van der Waals surface area contributed by atoms with Crippen molar-refractivity contribution in [1.29, 1.82) is 0 Å². The average molecular weight is 400 g/mol. The molecular weight excluding hydrogens is 362 g/mol. The molecule has 1 aromatic rings. The number of carbonyl (C=O) groups is 1. The number of likely N-dealkylation sites (tertiary alicyclic amines) is 1. The van der Waals surface area contributed by atoms with Crippen molar-refractivity contribution in [3.63, 3.8) is 0 Å². The zero-order chi connectivity index (χ0) is 20.1. The van der Waals surface area contributed by atoms with Crippen LogP contribution in [0.2, 0.25) is 0 Å². The molecule has 1 aromatic carbocycles. The Labute approximate surface area is 175 Å². The summed E-state index contributed by atoms with van der Waals surface area (Å²) in [6.45, 7) is 4.58. The molecule has 1 unspecified atom stereocenters. The number of aliphatic carboxylic acids is 1. The van der Waals surface area contributed by atoms with Crippen molar-refractivity contribution in [1.82, 2.24) is 4.90 Å². The Kier molecular flexibility index (Phi) is 6.92. The molecule has 4 heteroatoms. The number of carboxylic acid groups (broad SMARTS) is 1. The van der Waals surface area contributed by atoms with Gasteiger partial charge in [0, 0.05) is 13.2 Å². The van der Waals surface area contributed by atoms with E-state index in [9.17, 15) is 4.79 Å². The van der Waals surface area contributed by atoms with E-state index in [2.05, 4.69) is 35.2 Å². The fourth-order valence-corrected chi connectivity index (χ4v) is 5.24. The van der Waals surface area contributed by atoms with Gasteiger partial charge in [-0.05, 0) is 86.8 Å². The van der Waals surface area contributed by atoms with Gasteiger partial charge >= 0.3 is 5.97 Å². The van der Waals surface area contributed by atoms with E-state index in [4.69, 9.17) is 9.84 Å². The van der Waals surface area contributed by atoms with Gasteiger partial charge in [-0.1, -0.05) is 36.8 Å². The lowest BCUT2D eigenvalue weighted by Gasteiger charge is -2.42. The summed E-state index contributed by atoms with van der Waals surface area (Å²) in [4.78, 5) is 13.2. The quantitative estimate of drug-likeness (QED) is 0.572. The lowest BCUT2D eigenvalue weighted by Crippen LogP contribution is -2.43. The highest BCUT2D eigenvalue weighted by atomic mass is 16.5. The number of ether oxygens (including phenoxy) is 1. The smallest absolute Gasteiger partial charge is 0.304 e. The molecule has 29 heavy (non-hydrogen) atoms. The Balaban J connectivity index is 1.27. The molecule has 0 amide bonds. The highest BCUT2D eigenvalue weighted by Crippen LogP contribution is 2.52. The highest BCUT2D eigenvalue weighted by Gasteiger charge is 2.41. The molecular formula is C25H37NO3. The second kappa shape index (κ2) is 9.61. The number of carboxylic acids is 1. The Morgan fingerprint density at radius 2 is 1.93 bits per heavy atom. The van der Waals surface area contributed by atoms with Crippen LogP contribution in [-0.2, 0) is 9.53 Å². The predicted molar refractivity (Wildman–Crippen MR) is 115 cm³/mol. The van der Waals surface area contributed by atoms with Gasteiger partial charge in [0.2, 0.25) is 0 Å². The van der Waals surface area contributed by atoms with Gasteiger partial charge in [0.15, 0.2) is 0 Å². The van der Waals surface area contributed by atoms with Crippen molar-refractivity contribution in [2.45, 2.75) is 63.7 Å². The first-order valence-electron chi connectivity index (χ1n) is 11.7. The maximum absolute atomic E-state index is 10.9. The maximum Gasteiger partial charge on any atom is 0.304 e. The molecule has 2 atom stereocenters. The van der Waals surface area contributed by atoms with Crippen molar-refractivity contribution in [3.05, 3.63) is 35.9 Å². The Morgan fingerprint density at radius 1 is 1.17 bits per heavy atom. The Hall–Kier alpha value is -1.39. The van der Waals surface area contributed by atoms with Crippen molar-refractivity contribution < 1.29 is 14.6 Å². The summed E-state index contributed by atoms with van der Waals surface area (Å²) in [7, 11) is 0. The number of nitrogens with zero attached hydrogens (tertiary/aromatic N) is 1. The van der Waals surface area contributed by atoms with Gasteiger partial charge in [0.05, 0.1) is 13.0 Å². The monoisotopic (exact) mass is 399 g/mol.